The Morgan fingerprint density at radius 1 is 1.47 bits per heavy atom. The standard InChI is InChI=1S/C12H21N3OS/c1-9(2)7-17-8-11-14-12(16-15-11)5-6-13-10-3-4-10/h9-10,13H,3-8H2,1-2H3. The predicted molar refractivity (Wildman–Crippen MR) is 70.0 cm³/mol. The molecule has 5 heteroatoms. The van der Waals surface area contributed by atoms with E-state index < -0.39 is 0 Å². The Morgan fingerprint density at radius 3 is 3.00 bits per heavy atom. The number of rotatable bonds is 8. The highest BCUT2D eigenvalue weighted by atomic mass is 32.2. The summed E-state index contributed by atoms with van der Waals surface area (Å²) >= 11 is 1.87. The second-order valence-electron chi connectivity index (χ2n) is 4.99. The van der Waals surface area contributed by atoms with Crippen molar-refractivity contribution in [3.63, 3.8) is 0 Å². The summed E-state index contributed by atoms with van der Waals surface area (Å²) in [6, 6.07) is 0.749. The summed E-state index contributed by atoms with van der Waals surface area (Å²) in [6.07, 6.45) is 3.49. The molecule has 0 spiro atoms. The number of nitrogens with zero attached hydrogens (tertiary/aromatic N) is 2. The number of aromatic nitrogens is 2. The smallest absolute Gasteiger partial charge is 0.227 e. The molecule has 0 saturated heterocycles. The molecule has 1 aromatic heterocycles. The molecule has 1 aromatic rings. The van der Waals surface area contributed by atoms with Crippen LogP contribution in [0.5, 0.6) is 0 Å². The van der Waals surface area contributed by atoms with E-state index in [4.69, 9.17) is 4.52 Å². The summed E-state index contributed by atoms with van der Waals surface area (Å²) in [5.41, 5.74) is 0. The third-order valence-corrected chi connectivity index (χ3v) is 3.91. The van der Waals surface area contributed by atoms with Gasteiger partial charge >= 0.3 is 0 Å². The molecule has 0 radical (unpaired) electrons. The molecule has 0 unspecified atom stereocenters. The lowest BCUT2D eigenvalue weighted by Crippen LogP contribution is -2.19. The van der Waals surface area contributed by atoms with Crippen molar-refractivity contribution in [1.29, 1.82) is 0 Å². The molecule has 17 heavy (non-hydrogen) atoms. The fourth-order valence-corrected chi connectivity index (χ4v) is 2.40. The topological polar surface area (TPSA) is 51.0 Å². The molecule has 1 aliphatic carbocycles. The lowest BCUT2D eigenvalue weighted by Gasteiger charge is -2.00. The Labute approximate surface area is 107 Å². The van der Waals surface area contributed by atoms with Gasteiger partial charge in [0.05, 0.1) is 5.75 Å². The normalized spacial score (nSPS) is 15.7. The van der Waals surface area contributed by atoms with Gasteiger partial charge in [0, 0.05) is 19.0 Å². The summed E-state index contributed by atoms with van der Waals surface area (Å²) in [5, 5.41) is 7.43. The molecular weight excluding hydrogens is 234 g/mol. The molecule has 0 aromatic carbocycles. The molecule has 4 nitrogen and oxygen atoms in total. The van der Waals surface area contributed by atoms with E-state index in [0.29, 0.717) is 5.92 Å². The molecule has 1 fully saturated rings. The summed E-state index contributed by atoms with van der Waals surface area (Å²) in [5.74, 6) is 4.31. The molecule has 1 heterocycles. The highest BCUT2D eigenvalue weighted by Gasteiger charge is 2.20. The monoisotopic (exact) mass is 255 g/mol. The van der Waals surface area contributed by atoms with Crippen molar-refractivity contribution in [1.82, 2.24) is 15.5 Å². The van der Waals surface area contributed by atoms with Crippen LogP contribution in [0.25, 0.3) is 0 Å². The van der Waals surface area contributed by atoms with E-state index in [9.17, 15) is 0 Å². The Kier molecular flexibility index (Phi) is 4.86. The van der Waals surface area contributed by atoms with Crippen molar-refractivity contribution in [3.8, 4) is 0 Å². The van der Waals surface area contributed by atoms with Crippen molar-refractivity contribution in [2.24, 2.45) is 5.92 Å². The fourth-order valence-electron chi connectivity index (χ4n) is 1.51. The van der Waals surface area contributed by atoms with Gasteiger partial charge < -0.3 is 9.84 Å². The molecule has 2 rings (SSSR count). The Hall–Kier alpha value is -0.550. The van der Waals surface area contributed by atoms with Crippen molar-refractivity contribution < 1.29 is 4.52 Å². The van der Waals surface area contributed by atoms with Crippen LogP contribution in [0.1, 0.15) is 38.4 Å². The zero-order valence-corrected chi connectivity index (χ0v) is 11.4. The number of thioether (sulfide) groups is 1. The minimum atomic E-state index is 0.717. The average Bonchev–Trinajstić information content (AvgIpc) is 2.98. The van der Waals surface area contributed by atoms with Gasteiger partial charge in [-0.05, 0) is 24.5 Å². The highest BCUT2D eigenvalue weighted by molar-refractivity contribution is 7.98. The first kappa shape index (κ1) is 12.9. The van der Waals surface area contributed by atoms with E-state index in [0.717, 1.165) is 42.2 Å². The second-order valence-corrected chi connectivity index (χ2v) is 6.02. The highest BCUT2D eigenvalue weighted by Crippen LogP contribution is 2.18. The second kappa shape index (κ2) is 6.40. The molecule has 0 atom stereocenters. The summed E-state index contributed by atoms with van der Waals surface area (Å²) in [4.78, 5) is 4.39. The summed E-state index contributed by atoms with van der Waals surface area (Å²) < 4.78 is 5.21. The molecule has 0 aliphatic heterocycles. The van der Waals surface area contributed by atoms with E-state index in [1.165, 1.54) is 12.8 Å². The minimum Gasteiger partial charge on any atom is -0.339 e. The Morgan fingerprint density at radius 2 is 2.29 bits per heavy atom. The third kappa shape index (κ3) is 5.08. The van der Waals surface area contributed by atoms with Crippen LogP contribution in [-0.4, -0.2) is 28.5 Å². The zero-order valence-electron chi connectivity index (χ0n) is 10.6. The van der Waals surface area contributed by atoms with Crippen LogP contribution >= 0.6 is 11.8 Å². The van der Waals surface area contributed by atoms with Gasteiger partial charge in [-0.3, -0.25) is 0 Å². The van der Waals surface area contributed by atoms with Crippen LogP contribution in [-0.2, 0) is 12.2 Å². The van der Waals surface area contributed by atoms with Crippen LogP contribution in [0.4, 0.5) is 0 Å². The maximum absolute atomic E-state index is 5.21. The lowest BCUT2D eigenvalue weighted by molar-refractivity contribution is 0.372. The van der Waals surface area contributed by atoms with Crippen LogP contribution in [0.15, 0.2) is 4.52 Å². The van der Waals surface area contributed by atoms with E-state index in [1.54, 1.807) is 0 Å². The SMILES string of the molecule is CC(C)CSCc1noc(CCNC2CC2)n1. The maximum atomic E-state index is 5.21. The quantitative estimate of drug-likeness (QED) is 0.772. The van der Waals surface area contributed by atoms with Gasteiger partial charge in [0.1, 0.15) is 0 Å². The van der Waals surface area contributed by atoms with Crippen molar-refractivity contribution >= 4 is 11.8 Å². The predicted octanol–water partition coefficient (Wildman–Crippen LogP) is 2.25. The average molecular weight is 255 g/mol. The van der Waals surface area contributed by atoms with Gasteiger partial charge in [-0.2, -0.15) is 16.7 Å². The molecule has 1 aliphatic rings. The maximum Gasteiger partial charge on any atom is 0.227 e. The zero-order chi connectivity index (χ0) is 12.1. The largest absolute Gasteiger partial charge is 0.339 e. The van der Waals surface area contributed by atoms with Gasteiger partial charge in [-0.1, -0.05) is 19.0 Å². The molecule has 96 valence electrons. The van der Waals surface area contributed by atoms with Crippen molar-refractivity contribution in [2.75, 3.05) is 12.3 Å². The molecular formula is C12H21N3OS. The number of hydrogen-bond donors (Lipinski definition) is 1. The fraction of sp³-hybridized carbons (Fsp3) is 0.833. The molecule has 0 bridgehead atoms. The molecule has 0 amide bonds. The summed E-state index contributed by atoms with van der Waals surface area (Å²) in [6.45, 7) is 5.39. The molecule has 1 N–H and O–H groups in total. The van der Waals surface area contributed by atoms with E-state index >= 15 is 0 Å². The van der Waals surface area contributed by atoms with E-state index in [2.05, 4.69) is 29.3 Å². The van der Waals surface area contributed by atoms with Gasteiger partial charge in [0.2, 0.25) is 5.89 Å². The summed E-state index contributed by atoms with van der Waals surface area (Å²) in [7, 11) is 0. The van der Waals surface area contributed by atoms with Gasteiger partial charge in [-0.25, -0.2) is 0 Å². The van der Waals surface area contributed by atoms with Gasteiger partial charge in [0.25, 0.3) is 0 Å². The Bertz CT molecular complexity index is 314. The Balaban J connectivity index is 1.63. The van der Waals surface area contributed by atoms with Crippen LogP contribution < -0.4 is 5.32 Å². The first-order valence-electron chi connectivity index (χ1n) is 6.36. The van der Waals surface area contributed by atoms with Crippen molar-refractivity contribution in [2.45, 2.75) is 44.9 Å². The van der Waals surface area contributed by atoms with Crippen LogP contribution in [0.3, 0.4) is 0 Å². The number of nitrogens with one attached hydrogen (secondary N) is 1. The van der Waals surface area contributed by atoms with E-state index in [-0.39, 0.29) is 0 Å². The van der Waals surface area contributed by atoms with Crippen LogP contribution in [0, 0.1) is 5.92 Å². The van der Waals surface area contributed by atoms with Crippen molar-refractivity contribution in [3.05, 3.63) is 11.7 Å². The first-order valence-corrected chi connectivity index (χ1v) is 7.52. The van der Waals surface area contributed by atoms with E-state index in [1.807, 2.05) is 11.8 Å². The first-order chi connectivity index (χ1) is 8.24. The third-order valence-electron chi connectivity index (χ3n) is 2.54. The lowest BCUT2D eigenvalue weighted by atomic mass is 10.3. The molecule has 1 saturated carbocycles. The number of hydrogen-bond acceptors (Lipinski definition) is 5. The minimum absolute atomic E-state index is 0.717. The van der Waals surface area contributed by atoms with Gasteiger partial charge in [-0.15, -0.1) is 0 Å². The van der Waals surface area contributed by atoms with Crippen LogP contribution in [0.2, 0.25) is 0 Å². The van der Waals surface area contributed by atoms with Gasteiger partial charge in [0.15, 0.2) is 5.82 Å².